The summed E-state index contributed by atoms with van der Waals surface area (Å²) in [6, 6.07) is 21.8. The molecule has 0 aliphatic carbocycles. The highest BCUT2D eigenvalue weighted by Gasteiger charge is 2.23. The molecule has 0 N–H and O–H groups in total. The van der Waals surface area contributed by atoms with E-state index in [9.17, 15) is 9.59 Å². The average molecular weight is 457 g/mol. The van der Waals surface area contributed by atoms with Crippen LogP contribution in [0.25, 0.3) is 43.4 Å². The lowest BCUT2D eigenvalue weighted by Crippen LogP contribution is -2.11. The molecular formula is C28H21ClO4. The van der Waals surface area contributed by atoms with Crippen LogP contribution in [0.1, 0.15) is 34.6 Å². The van der Waals surface area contributed by atoms with Crippen molar-refractivity contribution in [3.8, 4) is 11.1 Å². The molecule has 0 fully saturated rings. The van der Waals surface area contributed by atoms with Gasteiger partial charge in [0.1, 0.15) is 0 Å². The first kappa shape index (κ1) is 21.2. The van der Waals surface area contributed by atoms with E-state index in [2.05, 4.69) is 36.4 Å². The maximum Gasteiger partial charge on any atom is 0.339 e. The van der Waals surface area contributed by atoms with Crippen LogP contribution in [0.3, 0.4) is 0 Å². The zero-order chi connectivity index (χ0) is 23.1. The molecule has 0 radical (unpaired) electrons. The van der Waals surface area contributed by atoms with Crippen molar-refractivity contribution in [3.05, 3.63) is 82.9 Å². The van der Waals surface area contributed by atoms with Crippen LogP contribution >= 0.6 is 11.6 Å². The number of carbonyl (C=O) groups excluding carboxylic acids is 2. The number of hydrogen-bond acceptors (Lipinski definition) is 4. The van der Waals surface area contributed by atoms with Gasteiger partial charge in [-0.25, -0.2) is 9.59 Å². The molecular weight excluding hydrogens is 436 g/mol. The summed E-state index contributed by atoms with van der Waals surface area (Å²) >= 11 is 6.40. The molecule has 5 aromatic carbocycles. The molecule has 0 saturated carbocycles. The Balaban J connectivity index is 1.85. The third-order valence-corrected chi connectivity index (χ3v) is 6.23. The SMILES string of the molecule is CCOC(=O)c1cc(-c2ccc3ccc4cccc5ccc2c3c45)c(C(=O)OCC)cc1Cl. The van der Waals surface area contributed by atoms with Gasteiger partial charge >= 0.3 is 11.9 Å². The third kappa shape index (κ3) is 3.47. The second-order valence-corrected chi connectivity index (χ2v) is 8.19. The van der Waals surface area contributed by atoms with Crippen molar-refractivity contribution in [3.63, 3.8) is 0 Å². The van der Waals surface area contributed by atoms with Gasteiger partial charge in [-0.2, -0.15) is 0 Å². The lowest BCUT2D eigenvalue weighted by molar-refractivity contribution is 0.0512. The maximum absolute atomic E-state index is 12.9. The van der Waals surface area contributed by atoms with Crippen LogP contribution in [0, 0.1) is 0 Å². The Morgan fingerprint density at radius 1 is 0.697 bits per heavy atom. The van der Waals surface area contributed by atoms with Gasteiger partial charge in [0.15, 0.2) is 0 Å². The summed E-state index contributed by atoms with van der Waals surface area (Å²) in [6.07, 6.45) is 0. The van der Waals surface area contributed by atoms with Crippen molar-refractivity contribution in [2.45, 2.75) is 13.8 Å². The fourth-order valence-electron chi connectivity index (χ4n) is 4.51. The molecule has 4 nitrogen and oxygen atoms in total. The van der Waals surface area contributed by atoms with Crippen LogP contribution in [0.15, 0.2) is 66.7 Å². The van der Waals surface area contributed by atoms with E-state index in [4.69, 9.17) is 21.1 Å². The van der Waals surface area contributed by atoms with Gasteiger partial charge in [0.05, 0.1) is 29.4 Å². The zero-order valence-corrected chi connectivity index (χ0v) is 19.0. The monoisotopic (exact) mass is 456 g/mol. The van der Waals surface area contributed by atoms with Crippen molar-refractivity contribution in [1.29, 1.82) is 0 Å². The summed E-state index contributed by atoms with van der Waals surface area (Å²) in [4.78, 5) is 25.4. The number of rotatable bonds is 5. The number of ether oxygens (including phenoxy) is 2. The van der Waals surface area contributed by atoms with Crippen LogP contribution in [0.2, 0.25) is 5.02 Å². The van der Waals surface area contributed by atoms with Crippen molar-refractivity contribution in [1.82, 2.24) is 0 Å². The molecule has 33 heavy (non-hydrogen) atoms. The summed E-state index contributed by atoms with van der Waals surface area (Å²) in [5.41, 5.74) is 1.93. The fourth-order valence-corrected chi connectivity index (χ4v) is 4.75. The number of esters is 2. The highest BCUT2D eigenvalue weighted by molar-refractivity contribution is 6.34. The molecule has 164 valence electrons. The Hall–Kier alpha value is -3.63. The molecule has 0 aliphatic rings. The van der Waals surface area contributed by atoms with Crippen LogP contribution in [-0.4, -0.2) is 25.2 Å². The van der Waals surface area contributed by atoms with Crippen LogP contribution in [0.5, 0.6) is 0 Å². The Labute approximate surface area is 196 Å². The first-order valence-electron chi connectivity index (χ1n) is 10.9. The molecule has 0 atom stereocenters. The van der Waals surface area contributed by atoms with E-state index in [1.807, 2.05) is 18.2 Å². The van der Waals surface area contributed by atoms with Crippen molar-refractivity contribution in [2.75, 3.05) is 13.2 Å². The largest absolute Gasteiger partial charge is 0.462 e. The maximum atomic E-state index is 12.9. The normalized spacial score (nSPS) is 11.4. The van der Waals surface area contributed by atoms with Gasteiger partial charge < -0.3 is 9.47 Å². The number of halogens is 1. The Bertz CT molecular complexity index is 1520. The second kappa shape index (κ2) is 8.38. The summed E-state index contributed by atoms with van der Waals surface area (Å²) in [5, 5.41) is 6.83. The molecule has 0 heterocycles. The van der Waals surface area contributed by atoms with E-state index in [-0.39, 0.29) is 23.8 Å². The molecule has 0 aromatic heterocycles. The average Bonchev–Trinajstić information content (AvgIpc) is 2.82. The molecule has 0 aliphatic heterocycles. The van der Waals surface area contributed by atoms with Crippen LogP contribution in [-0.2, 0) is 9.47 Å². The van der Waals surface area contributed by atoms with Gasteiger partial charge in [0.2, 0.25) is 0 Å². The minimum Gasteiger partial charge on any atom is -0.462 e. The third-order valence-electron chi connectivity index (χ3n) is 5.92. The molecule has 5 heteroatoms. The molecule has 5 aromatic rings. The van der Waals surface area contributed by atoms with Gasteiger partial charge in [0, 0.05) is 0 Å². The predicted octanol–water partition coefficient (Wildman–Crippen LogP) is 7.26. The number of carbonyl (C=O) groups is 2. The summed E-state index contributed by atoms with van der Waals surface area (Å²) in [5.74, 6) is -1.02. The zero-order valence-electron chi connectivity index (χ0n) is 18.3. The quantitative estimate of drug-likeness (QED) is 0.206. The van der Waals surface area contributed by atoms with E-state index < -0.39 is 11.9 Å². The van der Waals surface area contributed by atoms with Gasteiger partial charge in [0.25, 0.3) is 0 Å². The van der Waals surface area contributed by atoms with E-state index >= 15 is 0 Å². The van der Waals surface area contributed by atoms with E-state index in [0.29, 0.717) is 11.1 Å². The predicted molar refractivity (Wildman–Crippen MR) is 133 cm³/mol. The summed E-state index contributed by atoms with van der Waals surface area (Å²) in [7, 11) is 0. The van der Waals surface area contributed by atoms with Crippen molar-refractivity contribution < 1.29 is 19.1 Å². The second-order valence-electron chi connectivity index (χ2n) is 7.79. The molecule has 0 spiro atoms. The lowest BCUT2D eigenvalue weighted by Gasteiger charge is -2.17. The van der Waals surface area contributed by atoms with Crippen LogP contribution in [0.4, 0.5) is 0 Å². The van der Waals surface area contributed by atoms with Gasteiger partial charge in [-0.15, -0.1) is 0 Å². The van der Waals surface area contributed by atoms with E-state index in [1.165, 1.54) is 11.5 Å². The Kier molecular flexibility index (Phi) is 5.39. The minimum absolute atomic E-state index is 0.151. The fraction of sp³-hybridized carbons (Fsp3) is 0.143. The molecule has 5 rings (SSSR count). The topological polar surface area (TPSA) is 52.6 Å². The highest BCUT2D eigenvalue weighted by atomic mass is 35.5. The van der Waals surface area contributed by atoms with E-state index in [0.717, 1.165) is 32.5 Å². The van der Waals surface area contributed by atoms with Gasteiger partial charge in [-0.05, 0) is 69.4 Å². The van der Waals surface area contributed by atoms with Crippen LogP contribution < -0.4 is 0 Å². The smallest absolute Gasteiger partial charge is 0.339 e. The molecule has 0 bridgehead atoms. The Morgan fingerprint density at radius 2 is 1.27 bits per heavy atom. The van der Waals surface area contributed by atoms with E-state index in [1.54, 1.807) is 19.9 Å². The van der Waals surface area contributed by atoms with Crippen molar-refractivity contribution in [2.24, 2.45) is 0 Å². The lowest BCUT2D eigenvalue weighted by atomic mass is 9.88. The molecule has 0 unspecified atom stereocenters. The summed E-state index contributed by atoms with van der Waals surface area (Å²) < 4.78 is 10.5. The number of hydrogen-bond donors (Lipinski definition) is 0. The first-order chi connectivity index (χ1) is 16.0. The first-order valence-corrected chi connectivity index (χ1v) is 11.3. The summed E-state index contributed by atoms with van der Waals surface area (Å²) in [6.45, 7) is 3.94. The minimum atomic E-state index is -0.531. The Morgan fingerprint density at radius 3 is 1.94 bits per heavy atom. The van der Waals surface area contributed by atoms with Crippen molar-refractivity contribution >= 4 is 55.9 Å². The molecule has 0 saturated heterocycles. The standard InChI is InChI=1S/C28H21ClO4/c1-3-32-27(30)22-15-24(29)23(28(31)33-4-2)14-21(22)19-12-10-18-9-8-16-6-5-7-17-11-13-20(19)26(18)25(16)17/h5-15H,3-4H2,1-2H3. The van der Waals surface area contributed by atoms with Gasteiger partial charge in [-0.3, -0.25) is 0 Å². The molecule has 0 amide bonds. The number of benzene rings is 5. The highest BCUT2D eigenvalue weighted by Crippen LogP contribution is 2.41. The van der Waals surface area contributed by atoms with Gasteiger partial charge in [-0.1, -0.05) is 66.2 Å².